The van der Waals surface area contributed by atoms with Crippen LogP contribution in [0.1, 0.15) is 16.8 Å². The van der Waals surface area contributed by atoms with Crippen molar-refractivity contribution in [2.24, 2.45) is 0 Å². The van der Waals surface area contributed by atoms with Gasteiger partial charge < -0.3 is 19.7 Å². The topological polar surface area (TPSA) is 95.5 Å². The van der Waals surface area contributed by atoms with Crippen LogP contribution in [-0.2, 0) is 0 Å². The van der Waals surface area contributed by atoms with Crippen molar-refractivity contribution in [2.45, 2.75) is 18.6 Å². The number of carbonyl (C=O) groups is 1. The van der Waals surface area contributed by atoms with Crippen molar-refractivity contribution < 1.29 is 14.6 Å². The number of fused-ring (bicyclic) bond motifs is 1. The first kappa shape index (κ1) is 17.2. The Morgan fingerprint density at radius 2 is 2.15 bits per heavy atom. The van der Waals surface area contributed by atoms with Gasteiger partial charge in [-0.05, 0) is 35.7 Å². The van der Waals surface area contributed by atoms with Crippen molar-refractivity contribution in [3.8, 4) is 5.75 Å². The minimum absolute atomic E-state index is 0.0751. The van der Waals surface area contributed by atoms with Gasteiger partial charge in [-0.3, -0.25) is 14.6 Å². The van der Waals surface area contributed by atoms with Crippen LogP contribution in [0.4, 0.5) is 0 Å². The predicted molar refractivity (Wildman–Crippen MR) is 99.7 cm³/mol. The highest BCUT2D eigenvalue weighted by Gasteiger charge is 2.32. The molecule has 0 saturated carbocycles. The van der Waals surface area contributed by atoms with Crippen LogP contribution >= 0.6 is 0 Å². The van der Waals surface area contributed by atoms with Gasteiger partial charge in [0.1, 0.15) is 23.5 Å². The van der Waals surface area contributed by atoms with Crippen molar-refractivity contribution in [1.29, 1.82) is 0 Å². The first-order chi connectivity index (χ1) is 13.1. The van der Waals surface area contributed by atoms with Crippen LogP contribution in [-0.4, -0.2) is 51.2 Å². The standard InChI is InChI=1S/C20H19N3O4/c24-17-12-23(20(26)16-2-1-7-22-19(16)25)9-6-18(17)27-15-4-3-13-5-8-21-11-14(13)10-15/h1-5,7-8,10-11,17-18,24H,6,9,12H2,(H,22,25)/t17-,18-/m1/s1. The number of hydrogen-bond acceptors (Lipinski definition) is 5. The van der Waals surface area contributed by atoms with E-state index in [0.717, 1.165) is 10.8 Å². The Morgan fingerprint density at radius 3 is 2.96 bits per heavy atom. The summed E-state index contributed by atoms with van der Waals surface area (Å²) in [5.74, 6) is 0.268. The number of pyridine rings is 2. The molecule has 1 saturated heterocycles. The van der Waals surface area contributed by atoms with E-state index in [2.05, 4.69) is 9.97 Å². The first-order valence-corrected chi connectivity index (χ1v) is 8.77. The van der Waals surface area contributed by atoms with E-state index in [-0.39, 0.29) is 18.0 Å². The lowest BCUT2D eigenvalue weighted by molar-refractivity contribution is -0.0198. The Balaban J connectivity index is 1.44. The third-order valence-corrected chi connectivity index (χ3v) is 4.76. The minimum Gasteiger partial charge on any atom is -0.488 e. The summed E-state index contributed by atoms with van der Waals surface area (Å²) in [5, 5.41) is 12.5. The number of H-pyrrole nitrogens is 1. The van der Waals surface area contributed by atoms with E-state index in [9.17, 15) is 14.7 Å². The van der Waals surface area contributed by atoms with Gasteiger partial charge in [-0.25, -0.2) is 0 Å². The minimum atomic E-state index is -0.838. The molecule has 1 fully saturated rings. The van der Waals surface area contributed by atoms with Crippen molar-refractivity contribution in [3.63, 3.8) is 0 Å². The van der Waals surface area contributed by atoms with E-state index in [4.69, 9.17) is 4.74 Å². The van der Waals surface area contributed by atoms with Crippen LogP contribution in [0.15, 0.2) is 59.8 Å². The predicted octanol–water partition coefficient (Wildman–Crippen LogP) is 1.58. The van der Waals surface area contributed by atoms with Gasteiger partial charge >= 0.3 is 0 Å². The number of ether oxygens (including phenoxy) is 1. The zero-order valence-electron chi connectivity index (χ0n) is 14.5. The summed E-state index contributed by atoms with van der Waals surface area (Å²) < 4.78 is 5.95. The number of rotatable bonds is 3. The molecule has 27 heavy (non-hydrogen) atoms. The largest absolute Gasteiger partial charge is 0.488 e. The molecule has 0 unspecified atom stereocenters. The average Bonchev–Trinajstić information content (AvgIpc) is 2.69. The molecule has 7 nitrogen and oxygen atoms in total. The number of β-amino-alcohol motifs (C(OH)–C–C–N with tert-alkyl or cyclic N) is 1. The third kappa shape index (κ3) is 3.54. The Labute approximate surface area is 155 Å². The molecular formula is C20H19N3O4. The number of hydrogen-bond donors (Lipinski definition) is 2. The lowest BCUT2D eigenvalue weighted by Gasteiger charge is -2.35. The highest BCUT2D eigenvalue weighted by atomic mass is 16.5. The number of amides is 1. The van der Waals surface area contributed by atoms with Gasteiger partial charge in [0.15, 0.2) is 0 Å². The Morgan fingerprint density at radius 1 is 1.26 bits per heavy atom. The van der Waals surface area contributed by atoms with Crippen molar-refractivity contribution in [1.82, 2.24) is 14.9 Å². The number of piperidine rings is 1. The Kier molecular flexibility index (Phi) is 4.60. The first-order valence-electron chi connectivity index (χ1n) is 8.77. The number of likely N-dealkylation sites (tertiary alicyclic amines) is 1. The van der Waals surface area contributed by atoms with Crippen molar-refractivity contribution in [2.75, 3.05) is 13.1 Å². The van der Waals surface area contributed by atoms with Gasteiger partial charge in [0.25, 0.3) is 11.5 Å². The van der Waals surface area contributed by atoms with Crippen molar-refractivity contribution >= 4 is 16.7 Å². The fourth-order valence-electron chi connectivity index (χ4n) is 3.30. The summed E-state index contributed by atoms with van der Waals surface area (Å²) in [4.78, 5) is 32.4. The van der Waals surface area contributed by atoms with E-state index < -0.39 is 17.8 Å². The molecule has 2 N–H and O–H groups in total. The van der Waals surface area contributed by atoms with E-state index in [1.54, 1.807) is 18.5 Å². The molecule has 1 amide bonds. The molecule has 7 heteroatoms. The number of carbonyl (C=O) groups excluding carboxylic acids is 1. The van der Waals surface area contributed by atoms with Crippen LogP contribution in [0.25, 0.3) is 10.8 Å². The normalized spacial score (nSPS) is 19.8. The van der Waals surface area contributed by atoms with Gasteiger partial charge in [-0.2, -0.15) is 0 Å². The number of aromatic nitrogens is 2. The number of benzene rings is 1. The molecule has 0 spiro atoms. The second kappa shape index (κ2) is 7.20. The zero-order valence-corrected chi connectivity index (χ0v) is 14.5. The number of aliphatic hydroxyl groups excluding tert-OH is 1. The monoisotopic (exact) mass is 365 g/mol. The van der Waals surface area contributed by atoms with E-state index in [1.807, 2.05) is 24.3 Å². The average molecular weight is 365 g/mol. The Bertz CT molecular complexity index is 1030. The summed E-state index contributed by atoms with van der Waals surface area (Å²) in [5.41, 5.74) is -0.355. The van der Waals surface area contributed by atoms with Crippen LogP contribution in [0.3, 0.4) is 0 Å². The van der Waals surface area contributed by atoms with Crippen molar-refractivity contribution in [3.05, 3.63) is 70.9 Å². The highest BCUT2D eigenvalue weighted by Crippen LogP contribution is 2.24. The molecular weight excluding hydrogens is 346 g/mol. The number of aromatic amines is 1. The molecule has 1 aromatic carbocycles. The second-order valence-electron chi connectivity index (χ2n) is 6.56. The van der Waals surface area contributed by atoms with Gasteiger partial charge in [-0.15, -0.1) is 0 Å². The van der Waals surface area contributed by atoms with Crippen LogP contribution in [0.5, 0.6) is 5.75 Å². The van der Waals surface area contributed by atoms with Crippen LogP contribution in [0.2, 0.25) is 0 Å². The summed E-state index contributed by atoms with van der Waals surface area (Å²) >= 11 is 0. The maximum Gasteiger partial charge on any atom is 0.260 e. The van der Waals surface area contributed by atoms with Gasteiger partial charge in [0.05, 0.1) is 6.54 Å². The van der Waals surface area contributed by atoms with Gasteiger partial charge in [-0.1, -0.05) is 6.07 Å². The summed E-state index contributed by atoms with van der Waals surface area (Å²) in [7, 11) is 0. The van der Waals surface area contributed by atoms with Gasteiger partial charge in [0.2, 0.25) is 0 Å². The number of nitrogens with one attached hydrogen (secondary N) is 1. The molecule has 3 heterocycles. The lowest BCUT2D eigenvalue weighted by atomic mass is 10.0. The highest BCUT2D eigenvalue weighted by molar-refractivity contribution is 5.93. The Hall–Kier alpha value is -3.19. The lowest BCUT2D eigenvalue weighted by Crippen LogP contribution is -2.51. The zero-order chi connectivity index (χ0) is 18.8. The molecule has 3 aromatic rings. The molecule has 2 atom stereocenters. The molecule has 0 aliphatic carbocycles. The maximum absolute atomic E-state index is 12.5. The van der Waals surface area contributed by atoms with E-state index in [0.29, 0.717) is 18.7 Å². The van der Waals surface area contributed by atoms with Crippen LogP contribution in [0, 0.1) is 0 Å². The molecule has 1 aliphatic heterocycles. The third-order valence-electron chi connectivity index (χ3n) is 4.76. The molecule has 4 rings (SSSR count). The summed E-state index contributed by atoms with van der Waals surface area (Å²) in [6.45, 7) is 0.525. The smallest absolute Gasteiger partial charge is 0.260 e. The fourth-order valence-corrected chi connectivity index (χ4v) is 3.30. The molecule has 138 valence electrons. The quantitative estimate of drug-likeness (QED) is 0.735. The molecule has 0 bridgehead atoms. The maximum atomic E-state index is 12.5. The van der Waals surface area contributed by atoms with Gasteiger partial charge in [0, 0.05) is 36.9 Å². The SMILES string of the molecule is O=C(c1ccc[nH]c1=O)N1CC[C@@H](Oc2ccc3ccncc3c2)[C@H](O)C1. The molecule has 0 radical (unpaired) electrons. The summed E-state index contributed by atoms with van der Waals surface area (Å²) in [6.07, 6.45) is 4.19. The van der Waals surface area contributed by atoms with E-state index >= 15 is 0 Å². The van der Waals surface area contributed by atoms with E-state index in [1.165, 1.54) is 17.2 Å². The summed E-state index contributed by atoms with van der Waals surface area (Å²) in [6, 6.07) is 10.7. The number of nitrogens with zero attached hydrogens (tertiary/aromatic N) is 2. The van der Waals surface area contributed by atoms with Crippen LogP contribution < -0.4 is 10.3 Å². The second-order valence-corrected chi connectivity index (χ2v) is 6.56. The molecule has 1 aliphatic rings. The molecule has 2 aromatic heterocycles. The fraction of sp³-hybridized carbons (Fsp3) is 0.250. The number of aliphatic hydroxyl groups is 1.